The van der Waals surface area contributed by atoms with Gasteiger partial charge in [0.15, 0.2) is 0 Å². The van der Waals surface area contributed by atoms with E-state index in [0.717, 1.165) is 25.1 Å². The van der Waals surface area contributed by atoms with E-state index < -0.39 is 5.97 Å². The fraction of sp³-hybridized carbons (Fsp3) is 0.667. The Morgan fingerprint density at radius 3 is 3.07 bits per heavy atom. The lowest BCUT2D eigenvalue weighted by atomic mass is 10.3. The van der Waals surface area contributed by atoms with Gasteiger partial charge in [-0.15, -0.1) is 0 Å². The highest BCUT2D eigenvalue weighted by Crippen LogP contribution is 2.29. The lowest BCUT2D eigenvalue weighted by Crippen LogP contribution is -2.27. The first-order valence-electron chi connectivity index (χ1n) is 4.67. The van der Waals surface area contributed by atoms with Gasteiger partial charge in [0, 0.05) is 18.7 Å². The summed E-state index contributed by atoms with van der Waals surface area (Å²) in [5, 5.41) is 12.3. The molecule has 2 N–H and O–H groups in total. The maximum absolute atomic E-state index is 10.2. The molecule has 0 fully saturated rings. The standard InChI is InChI=1S/C9H15NO2S2/c11-9(12)5-3-7-13-14-8-4-1-2-6-10-8/h1-2,8,10H,3-7H2,(H,11,12). The van der Waals surface area contributed by atoms with Crippen LogP contribution in [0.25, 0.3) is 0 Å². The summed E-state index contributed by atoms with van der Waals surface area (Å²) in [5.41, 5.74) is 0. The predicted octanol–water partition coefficient (Wildman–Crippen LogP) is 2.11. The third-order valence-corrected chi connectivity index (χ3v) is 4.57. The van der Waals surface area contributed by atoms with Crippen LogP contribution in [0.2, 0.25) is 0 Å². The third kappa shape index (κ3) is 5.57. The summed E-state index contributed by atoms with van der Waals surface area (Å²) in [4.78, 5) is 10.2. The van der Waals surface area contributed by atoms with Crippen molar-refractivity contribution >= 4 is 27.6 Å². The minimum atomic E-state index is -0.700. The minimum absolute atomic E-state index is 0.283. The van der Waals surface area contributed by atoms with E-state index in [-0.39, 0.29) is 6.42 Å². The Morgan fingerprint density at radius 2 is 2.43 bits per heavy atom. The van der Waals surface area contributed by atoms with Crippen molar-refractivity contribution in [1.82, 2.24) is 5.32 Å². The predicted molar refractivity (Wildman–Crippen MR) is 62.5 cm³/mol. The Bertz CT molecular complexity index is 209. The summed E-state index contributed by atoms with van der Waals surface area (Å²) in [6.45, 7) is 0.952. The van der Waals surface area contributed by atoms with Crippen molar-refractivity contribution in [3.05, 3.63) is 12.2 Å². The Morgan fingerprint density at radius 1 is 1.57 bits per heavy atom. The fourth-order valence-electron chi connectivity index (χ4n) is 1.07. The maximum Gasteiger partial charge on any atom is 0.303 e. The molecule has 0 bridgehead atoms. The summed E-state index contributed by atoms with van der Waals surface area (Å²) < 4.78 is 0. The van der Waals surface area contributed by atoms with E-state index in [1.807, 2.05) is 10.8 Å². The molecule has 0 saturated carbocycles. The number of carbonyl (C=O) groups is 1. The van der Waals surface area contributed by atoms with Crippen LogP contribution in [0.4, 0.5) is 0 Å². The molecule has 0 spiro atoms. The van der Waals surface area contributed by atoms with E-state index >= 15 is 0 Å². The summed E-state index contributed by atoms with van der Waals surface area (Å²) in [7, 11) is 3.57. The highest BCUT2D eigenvalue weighted by atomic mass is 33.1. The molecule has 0 aromatic rings. The van der Waals surface area contributed by atoms with Crippen molar-refractivity contribution in [3.63, 3.8) is 0 Å². The lowest BCUT2D eigenvalue weighted by Gasteiger charge is -2.17. The van der Waals surface area contributed by atoms with Gasteiger partial charge in [-0.2, -0.15) is 0 Å². The Balaban J connectivity index is 1.93. The summed E-state index contributed by atoms with van der Waals surface area (Å²) in [6.07, 6.45) is 6.43. The van der Waals surface area contributed by atoms with Crippen LogP contribution in [0.5, 0.6) is 0 Å². The number of aliphatic carboxylic acids is 1. The highest BCUT2D eigenvalue weighted by molar-refractivity contribution is 8.76. The Hall–Kier alpha value is -0.130. The molecule has 80 valence electrons. The second-order valence-electron chi connectivity index (χ2n) is 3.02. The van der Waals surface area contributed by atoms with Crippen LogP contribution < -0.4 is 5.32 Å². The molecular weight excluding hydrogens is 218 g/mol. The largest absolute Gasteiger partial charge is 0.481 e. The first-order chi connectivity index (χ1) is 6.79. The number of hydrogen-bond acceptors (Lipinski definition) is 4. The van der Waals surface area contributed by atoms with Crippen LogP contribution in [0.3, 0.4) is 0 Å². The molecule has 1 aliphatic heterocycles. The van der Waals surface area contributed by atoms with Crippen molar-refractivity contribution < 1.29 is 9.90 Å². The molecule has 1 rings (SSSR count). The van der Waals surface area contributed by atoms with E-state index in [2.05, 4.69) is 17.5 Å². The fourth-order valence-corrected chi connectivity index (χ4v) is 3.52. The smallest absolute Gasteiger partial charge is 0.303 e. The third-order valence-electron chi connectivity index (χ3n) is 1.78. The highest BCUT2D eigenvalue weighted by Gasteiger charge is 2.09. The molecule has 1 aliphatic rings. The quantitative estimate of drug-likeness (QED) is 0.418. The molecule has 0 aromatic carbocycles. The van der Waals surface area contributed by atoms with Crippen LogP contribution in [0, 0.1) is 0 Å². The van der Waals surface area contributed by atoms with E-state index in [9.17, 15) is 4.79 Å². The molecule has 5 heteroatoms. The molecule has 0 saturated heterocycles. The second kappa shape index (κ2) is 7.20. The van der Waals surface area contributed by atoms with Crippen LogP contribution in [0.15, 0.2) is 12.2 Å². The number of rotatable bonds is 6. The number of carboxylic acids is 1. The van der Waals surface area contributed by atoms with E-state index in [0.29, 0.717) is 5.37 Å². The monoisotopic (exact) mass is 233 g/mol. The van der Waals surface area contributed by atoms with Gasteiger partial charge in [0.1, 0.15) is 0 Å². The van der Waals surface area contributed by atoms with Crippen LogP contribution >= 0.6 is 21.6 Å². The van der Waals surface area contributed by atoms with E-state index in [4.69, 9.17) is 5.11 Å². The van der Waals surface area contributed by atoms with Gasteiger partial charge in [-0.25, -0.2) is 0 Å². The molecule has 0 radical (unpaired) electrons. The molecule has 1 heterocycles. The molecule has 1 atom stereocenters. The summed E-state index contributed by atoms with van der Waals surface area (Å²) in [5.74, 6) is 0.216. The molecular formula is C9H15NO2S2. The van der Waals surface area contributed by atoms with Crippen molar-refractivity contribution in [2.75, 3.05) is 12.3 Å². The zero-order valence-corrected chi connectivity index (χ0v) is 9.57. The first kappa shape index (κ1) is 11.9. The van der Waals surface area contributed by atoms with Crippen LogP contribution in [0.1, 0.15) is 19.3 Å². The number of carboxylic acid groups (broad SMARTS) is 1. The van der Waals surface area contributed by atoms with Crippen molar-refractivity contribution in [2.24, 2.45) is 0 Å². The Kier molecular flexibility index (Phi) is 6.14. The normalized spacial score (nSPS) is 21.0. The van der Waals surface area contributed by atoms with E-state index in [1.165, 1.54) is 0 Å². The lowest BCUT2D eigenvalue weighted by molar-refractivity contribution is -0.137. The molecule has 1 unspecified atom stereocenters. The summed E-state index contributed by atoms with van der Waals surface area (Å²) in [6, 6.07) is 0. The molecule has 3 nitrogen and oxygen atoms in total. The zero-order chi connectivity index (χ0) is 10.2. The molecule has 14 heavy (non-hydrogen) atoms. The topological polar surface area (TPSA) is 49.3 Å². The SMILES string of the molecule is O=C(O)CCCSSC1CC=CCN1. The van der Waals surface area contributed by atoms with Crippen LogP contribution in [-0.4, -0.2) is 28.7 Å². The van der Waals surface area contributed by atoms with Gasteiger partial charge >= 0.3 is 5.97 Å². The van der Waals surface area contributed by atoms with Crippen molar-refractivity contribution in [3.8, 4) is 0 Å². The zero-order valence-electron chi connectivity index (χ0n) is 7.94. The maximum atomic E-state index is 10.2. The average molecular weight is 233 g/mol. The van der Waals surface area contributed by atoms with Gasteiger partial charge in [-0.1, -0.05) is 33.7 Å². The first-order valence-corrected chi connectivity index (χ1v) is 7.05. The van der Waals surface area contributed by atoms with Gasteiger partial charge in [-0.05, 0) is 12.8 Å². The molecule has 0 amide bonds. The van der Waals surface area contributed by atoms with Crippen LogP contribution in [-0.2, 0) is 4.79 Å². The van der Waals surface area contributed by atoms with Gasteiger partial charge in [-0.3, -0.25) is 4.79 Å². The molecule has 0 aliphatic carbocycles. The second-order valence-corrected chi connectivity index (χ2v) is 5.71. The Labute approximate surface area is 92.1 Å². The average Bonchev–Trinajstić information content (AvgIpc) is 2.18. The van der Waals surface area contributed by atoms with Gasteiger partial charge < -0.3 is 10.4 Å². The number of nitrogens with one attached hydrogen (secondary N) is 1. The van der Waals surface area contributed by atoms with E-state index in [1.54, 1.807) is 10.8 Å². The number of hydrogen-bond donors (Lipinski definition) is 2. The van der Waals surface area contributed by atoms with Gasteiger partial charge in [0.05, 0.1) is 5.37 Å². The van der Waals surface area contributed by atoms with Gasteiger partial charge in [0.25, 0.3) is 0 Å². The van der Waals surface area contributed by atoms with Gasteiger partial charge in [0.2, 0.25) is 0 Å². The minimum Gasteiger partial charge on any atom is -0.481 e. The van der Waals surface area contributed by atoms with Crippen molar-refractivity contribution in [1.29, 1.82) is 0 Å². The van der Waals surface area contributed by atoms with Crippen molar-refractivity contribution in [2.45, 2.75) is 24.6 Å². The summed E-state index contributed by atoms with van der Waals surface area (Å²) >= 11 is 0. The molecule has 0 aromatic heterocycles.